The number of allylic oxidation sites excluding steroid dienone is 6. The number of hydrogen-bond acceptors (Lipinski definition) is 4. The predicted octanol–water partition coefficient (Wildman–Crippen LogP) is 6.39. The molecule has 3 heterocycles. The second-order valence-corrected chi connectivity index (χ2v) is 11.1. The van der Waals surface area contributed by atoms with Gasteiger partial charge in [0.05, 0.1) is 0 Å². The number of hydrogen-bond donors (Lipinski definition) is 0. The standard InChI is InChI=1S/C29H31N3O/c1-19-9-22-10-20(11-23-14-29(5,6)18-32(17-19)27(22)23)7-8-25-12-21(24(15-30)16-31)13-26(33-25)28(2,3)4/h7-8,10-13H,1,9,14,17-18H2,2-6H3/b8-7+. The van der Waals surface area contributed by atoms with Crippen molar-refractivity contribution in [3.63, 3.8) is 0 Å². The van der Waals surface area contributed by atoms with Gasteiger partial charge in [0.15, 0.2) is 0 Å². The lowest BCUT2D eigenvalue weighted by Gasteiger charge is -2.44. The summed E-state index contributed by atoms with van der Waals surface area (Å²) in [4.78, 5) is 2.49. The monoisotopic (exact) mass is 437 g/mol. The van der Waals surface area contributed by atoms with Crippen LogP contribution in [0.5, 0.6) is 0 Å². The van der Waals surface area contributed by atoms with Crippen molar-refractivity contribution in [2.24, 2.45) is 10.8 Å². The molecule has 4 rings (SSSR count). The van der Waals surface area contributed by atoms with Gasteiger partial charge in [0.1, 0.15) is 29.2 Å². The first kappa shape index (κ1) is 22.7. The highest BCUT2D eigenvalue weighted by molar-refractivity contribution is 5.70. The minimum atomic E-state index is -0.250. The van der Waals surface area contributed by atoms with Gasteiger partial charge < -0.3 is 9.64 Å². The third kappa shape index (κ3) is 4.67. The van der Waals surface area contributed by atoms with E-state index in [1.54, 1.807) is 12.2 Å². The van der Waals surface area contributed by atoms with E-state index in [4.69, 9.17) is 4.74 Å². The quantitative estimate of drug-likeness (QED) is 0.397. The molecule has 0 fully saturated rings. The van der Waals surface area contributed by atoms with Crippen molar-refractivity contribution in [2.75, 3.05) is 18.0 Å². The Hall–Kier alpha value is -3.50. The molecule has 0 saturated carbocycles. The fourth-order valence-electron chi connectivity index (χ4n) is 4.91. The molecule has 3 aliphatic heterocycles. The molecule has 0 unspecified atom stereocenters. The first-order valence-electron chi connectivity index (χ1n) is 11.4. The summed E-state index contributed by atoms with van der Waals surface area (Å²) in [6.45, 7) is 17.1. The maximum absolute atomic E-state index is 9.36. The van der Waals surface area contributed by atoms with Gasteiger partial charge in [-0.1, -0.05) is 52.8 Å². The summed E-state index contributed by atoms with van der Waals surface area (Å²) in [7, 11) is 0. The van der Waals surface area contributed by atoms with Gasteiger partial charge in [0, 0.05) is 29.8 Å². The molecule has 0 aliphatic carbocycles. The van der Waals surface area contributed by atoms with Crippen LogP contribution in [-0.4, -0.2) is 13.1 Å². The molecule has 4 heteroatoms. The first-order chi connectivity index (χ1) is 15.5. The summed E-state index contributed by atoms with van der Waals surface area (Å²) < 4.78 is 6.15. The van der Waals surface area contributed by atoms with Crippen LogP contribution in [0.4, 0.5) is 5.69 Å². The van der Waals surface area contributed by atoms with Crippen LogP contribution in [-0.2, 0) is 17.6 Å². The van der Waals surface area contributed by atoms with E-state index in [-0.39, 0.29) is 16.4 Å². The third-order valence-electron chi connectivity index (χ3n) is 6.25. The zero-order valence-electron chi connectivity index (χ0n) is 20.2. The molecule has 0 N–H and O–H groups in total. The van der Waals surface area contributed by atoms with Gasteiger partial charge in [-0.2, -0.15) is 10.5 Å². The molecular weight excluding hydrogens is 406 g/mol. The minimum absolute atomic E-state index is 0.0880. The molecule has 0 saturated heterocycles. The topological polar surface area (TPSA) is 60.1 Å². The number of nitriles is 2. The lowest BCUT2D eigenvalue weighted by molar-refractivity contribution is 0.223. The van der Waals surface area contributed by atoms with E-state index in [0.717, 1.165) is 37.3 Å². The van der Waals surface area contributed by atoms with Gasteiger partial charge in [0.2, 0.25) is 0 Å². The van der Waals surface area contributed by atoms with Crippen molar-refractivity contribution in [2.45, 2.75) is 47.5 Å². The smallest absolute Gasteiger partial charge is 0.137 e. The molecule has 0 aromatic heterocycles. The van der Waals surface area contributed by atoms with Gasteiger partial charge in [0.25, 0.3) is 0 Å². The molecule has 0 spiro atoms. The van der Waals surface area contributed by atoms with Crippen molar-refractivity contribution < 1.29 is 4.74 Å². The van der Waals surface area contributed by atoms with Gasteiger partial charge >= 0.3 is 0 Å². The molecule has 1 aromatic carbocycles. The van der Waals surface area contributed by atoms with Gasteiger partial charge in [-0.05, 0) is 65.3 Å². The Morgan fingerprint density at radius 2 is 1.82 bits per heavy atom. The average molecular weight is 438 g/mol. The van der Waals surface area contributed by atoms with Crippen molar-refractivity contribution in [3.8, 4) is 12.1 Å². The van der Waals surface area contributed by atoms with E-state index >= 15 is 0 Å². The second-order valence-electron chi connectivity index (χ2n) is 11.1. The van der Waals surface area contributed by atoms with Crippen molar-refractivity contribution in [3.05, 3.63) is 81.9 Å². The van der Waals surface area contributed by atoms with Crippen LogP contribution in [0.15, 0.2) is 65.2 Å². The van der Waals surface area contributed by atoms with Gasteiger partial charge in [-0.25, -0.2) is 0 Å². The van der Waals surface area contributed by atoms with E-state index in [2.05, 4.69) is 64.3 Å². The Morgan fingerprint density at radius 3 is 2.48 bits per heavy atom. The van der Waals surface area contributed by atoms with Crippen LogP contribution in [0, 0.1) is 33.5 Å². The number of ether oxygens (including phenoxy) is 1. The van der Waals surface area contributed by atoms with Crippen LogP contribution in [0.25, 0.3) is 6.08 Å². The average Bonchev–Trinajstić information content (AvgIpc) is 2.71. The van der Waals surface area contributed by atoms with Crippen molar-refractivity contribution >= 4 is 11.8 Å². The van der Waals surface area contributed by atoms with Gasteiger partial charge in [-0.15, -0.1) is 0 Å². The Bertz CT molecular complexity index is 1220. The fraction of sp³-hybridized carbons (Fsp3) is 0.379. The Labute approximate surface area is 197 Å². The van der Waals surface area contributed by atoms with Crippen LogP contribution >= 0.6 is 0 Å². The van der Waals surface area contributed by atoms with E-state index < -0.39 is 0 Å². The molecule has 1 aromatic rings. The van der Waals surface area contributed by atoms with Crippen LogP contribution in [0.1, 0.15) is 51.3 Å². The first-order valence-corrected chi connectivity index (χ1v) is 11.4. The molecule has 168 valence electrons. The predicted molar refractivity (Wildman–Crippen MR) is 133 cm³/mol. The normalized spacial score (nSPS) is 19.2. The zero-order chi connectivity index (χ0) is 24.0. The summed E-state index contributed by atoms with van der Waals surface area (Å²) in [5.74, 6) is 1.36. The molecule has 0 radical (unpaired) electrons. The largest absolute Gasteiger partial charge is 0.461 e. The highest BCUT2D eigenvalue weighted by Crippen LogP contribution is 2.43. The molecule has 3 aliphatic rings. The summed E-state index contributed by atoms with van der Waals surface area (Å²) in [5.41, 5.74) is 7.14. The molecule has 0 amide bonds. The summed E-state index contributed by atoms with van der Waals surface area (Å²) in [5, 5.41) is 18.7. The summed E-state index contributed by atoms with van der Waals surface area (Å²) >= 11 is 0. The van der Waals surface area contributed by atoms with Crippen LogP contribution in [0.2, 0.25) is 0 Å². The number of benzene rings is 1. The van der Waals surface area contributed by atoms with E-state index in [1.807, 2.05) is 18.2 Å². The van der Waals surface area contributed by atoms with Gasteiger partial charge in [-0.3, -0.25) is 0 Å². The Kier molecular flexibility index (Phi) is 5.59. The van der Waals surface area contributed by atoms with E-state index in [1.165, 1.54) is 22.4 Å². The highest BCUT2D eigenvalue weighted by Gasteiger charge is 2.34. The summed E-state index contributed by atoms with van der Waals surface area (Å²) in [6, 6.07) is 8.53. The molecule has 0 atom stereocenters. The van der Waals surface area contributed by atoms with Crippen LogP contribution in [0.3, 0.4) is 0 Å². The highest BCUT2D eigenvalue weighted by atomic mass is 16.5. The molecular formula is C29H31N3O. The fourth-order valence-corrected chi connectivity index (χ4v) is 4.91. The third-order valence-corrected chi connectivity index (χ3v) is 6.25. The molecule has 4 nitrogen and oxygen atoms in total. The Balaban J connectivity index is 1.72. The molecule has 0 bridgehead atoms. The molecule has 33 heavy (non-hydrogen) atoms. The summed E-state index contributed by atoms with van der Waals surface area (Å²) in [6.07, 6.45) is 9.53. The zero-order valence-corrected chi connectivity index (χ0v) is 20.2. The van der Waals surface area contributed by atoms with E-state index in [0.29, 0.717) is 11.3 Å². The SMILES string of the molecule is C=C1Cc2cc(/C=C/C3=CC(=C(C#N)C#N)C=C(C(C)(C)C)O3)cc3c2N(C1)CC(C)(C)C3. The number of rotatable bonds is 2. The maximum Gasteiger partial charge on any atom is 0.137 e. The lowest BCUT2D eigenvalue weighted by atomic mass is 9.77. The maximum atomic E-state index is 9.36. The number of anilines is 1. The minimum Gasteiger partial charge on any atom is -0.461 e. The lowest BCUT2D eigenvalue weighted by Crippen LogP contribution is -2.43. The second kappa shape index (κ2) is 8.13. The number of nitrogens with zero attached hydrogens (tertiary/aromatic N) is 3. The van der Waals surface area contributed by atoms with Crippen LogP contribution < -0.4 is 4.90 Å². The van der Waals surface area contributed by atoms with Crippen molar-refractivity contribution in [1.82, 2.24) is 0 Å². The van der Waals surface area contributed by atoms with Crippen molar-refractivity contribution in [1.29, 1.82) is 10.5 Å². The van der Waals surface area contributed by atoms with E-state index in [9.17, 15) is 10.5 Å². The Morgan fingerprint density at radius 1 is 1.12 bits per heavy atom.